The summed E-state index contributed by atoms with van der Waals surface area (Å²) >= 11 is 0. The first-order valence-corrected chi connectivity index (χ1v) is 7.37. The molecule has 0 aromatic heterocycles. The third kappa shape index (κ3) is 3.28. The minimum absolute atomic E-state index is 0.0374. The van der Waals surface area contributed by atoms with Crippen LogP contribution in [0.2, 0.25) is 0 Å². The van der Waals surface area contributed by atoms with Crippen LogP contribution in [0.15, 0.2) is 54.6 Å². The fourth-order valence-electron chi connectivity index (χ4n) is 2.48. The van der Waals surface area contributed by atoms with Crippen LogP contribution in [0.1, 0.15) is 17.2 Å². The zero-order valence-corrected chi connectivity index (χ0v) is 12.6. The maximum Gasteiger partial charge on any atom is 0.262 e. The molecule has 0 aliphatic carbocycles. The highest BCUT2D eigenvalue weighted by molar-refractivity contribution is 5.78. The molecule has 0 spiro atoms. The minimum atomic E-state index is -0.0540. The fourth-order valence-corrected chi connectivity index (χ4v) is 2.48. The van der Waals surface area contributed by atoms with Gasteiger partial charge in [-0.2, -0.15) is 0 Å². The van der Waals surface area contributed by atoms with Gasteiger partial charge in [-0.15, -0.1) is 0 Å². The topological polar surface area (TPSA) is 38.8 Å². The van der Waals surface area contributed by atoms with E-state index < -0.39 is 0 Å². The van der Waals surface area contributed by atoms with Crippen molar-refractivity contribution in [1.29, 1.82) is 0 Å². The predicted octanol–water partition coefficient (Wildman–Crippen LogP) is 2.93. The molecule has 1 heterocycles. The van der Waals surface area contributed by atoms with Gasteiger partial charge in [-0.1, -0.05) is 48.5 Å². The third-order valence-electron chi connectivity index (χ3n) is 3.79. The lowest BCUT2D eigenvalue weighted by Gasteiger charge is -2.15. The molecule has 1 saturated heterocycles. The van der Waals surface area contributed by atoms with Gasteiger partial charge < -0.3 is 14.4 Å². The van der Waals surface area contributed by atoms with Crippen molar-refractivity contribution in [2.75, 3.05) is 19.9 Å². The first-order valence-electron chi connectivity index (χ1n) is 7.37. The molecule has 1 atom stereocenters. The summed E-state index contributed by atoms with van der Waals surface area (Å²) in [5.41, 5.74) is 2.12. The molecule has 4 nitrogen and oxygen atoms in total. The van der Waals surface area contributed by atoms with E-state index in [4.69, 9.17) is 9.47 Å². The number of benzene rings is 2. The molecule has 4 heteroatoms. The first-order chi connectivity index (χ1) is 10.7. The molecule has 1 unspecified atom stereocenters. The van der Waals surface area contributed by atoms with Crippen LogP contribution >= 0.6 is 0 Å². The highest BCUT2D eigenvalue weighted by atomic mass is 16.5. The molecule has 0 radical (unpaired) electrons. The Morgan fingerprint density at radius 1 is 1.18 bits per heavy atom. The highest BCUT2D eigenvalue weighted by Crippen LogP contribution is 2.24. The second-order valence-electron chi connectivity index (χ2n) is 5.37. The number of aryl methyl sites for hydroxylation is 1. The van der Waals surface area contributed by atoms with E-state index >= 15 is 0 Å². The summed E-state index contributed by atoms with van der Waals surface area (Å²) < 4.78 is 11.3. The van der Waals surface area contributed by atoms with Gasteiger partial charge in [0.2, 0.25) is 0 Å². The Morgan fingerprint density at radius 2 is 1.91 bits per heavy atom. The summed E-state index contributed by atoms with van der Waals surface area (Å²) in [6.07, 6.45) is -0.0522. The minimum Gasteiger partial charge on any atom is -0.483 e. The van der Waals surface area contributed by atoms with Crippen molar-refractivity contribution in [3.63, 3.8) is 0 Å². The van der Waals surface area contributed by atoms with E-state index in [0.717, 1.165) is 16.9 Å². The van der Waals surface area contributed by atoms with E-state index in [0.29, 0.717) is 13.3 Å². The number of carbonyl (C=O) groups is 1. The van der Waals surface area contributed by atoms with Gasteiger partial charge in [0.1, 0.15) is 18.6 Å². The Labute approximate surface area is 130 Å². The van der Waals surface area contributed by atoms with E-state index in [2.05, 4.69) is 0 Å². The Hall–Kier alpha value is -2.33. The summed E-state index contributed by atoms with van der Waals surface area (Å²) in [5, 5.41) is 0. The highest BCUT2D eigenvalue weighted by Gasteiger charge is 2.28. The van der Waals surface area contributed by atoms with E-state index in [1.807, 2.05) is 61.5 Å². The standard InChI is InChI=1S/C18H19NO3/c1-14-7-5-6-10-16(14)21-12-18(20)19-11-17(22-13-19)15-8-3-2-4-9-15/h2-10,17H,11-13H2,1H3. The number of ether oxygens (including phenoxy) is 2. The van der Waals surface area contributed by atoms with Crippen molar-refractivity contribution >= 4 is 5.91 Å². The molecule has 0 bridgehead atoms. The van der Waals surface area contributed by atoms with Gasteiger partial charge in [0, 0.05) is 0 Å². The summed E-state index contributed by atoms with van der Waals surface area (Å²) in [6.45, 7) is 2.88. The molecule has 2 aromatic rings. The number of hydrogen-bond acceptors (Lipinski definition) is 3. The van der Waals surface area contributed by atoms with Gasteiger partial charge in [-0.25, -0.2) is 0 Å². The van der Waals surface area contributed by atoms with Crippen LogP contribution in [0.5, 0.6) is 5.75 Å². The van der Waals surface area contributed by atoms with E-state index in [-0.39, 0.29) is 18.6 Å². The van der Waals surface area contributed by atoms with Crippen LogP contribution in [-0.2, 0) is 9.53 Å². The van der Waals surface area contributed by atoms with E-state index in [1.54, 1.807) is 4.90 Å². The molecule has 1 aliphatic rings. The maximum absolute atomic E-state index is 12.2. The quantitative estimate of drug-likeness (QED) is 0.871. The molecule has 1 aliphatic heterocycles. The second kappa shape index (κ2) is 6.62. The molecular weight excluding hydrogens is 278 g/mol. The summed E-state index contributed by atoms with van der Waals surface area (Å²) in [7, 11) is 0. The molecule has 0 N–H and O–H groups in total. The molecule has 114 valence electrons. The SMILES string of the molecule is Cc1ccccc1OCC(=O)N1COC(c2ccccc2)C1. The zero-order valence-electron chi connectivity index (χ0n) is 12.6. The van der Waals surface area contributed by atoms with E-state index in [1.165, 1.54) is 0 Å². The molecule has 1 fully saturated rings. The van der Waals surface area contributed by atoms with Gasteiger partial charge in [-0.3, -0.25) is 4.79 Å². The molecule has 2 aromatic carbocycles. The van der Waals surface area contributed by atoms with Gasteiger partial charge in [0.15, 0.2) is 6.61 Å². The van der Waals surface area contributed by atoms with Crippen molar-refractivity contribution in [2.24, 2.45) is 0 Å². The van der Waals surface area contributed by atoms with Gasteiger partial charge in [0.25, 0.3) is 5.91 Å². The van der Waals surface area contributed by atoms with Crippen molar-refractivity contribution in [1.82, 2.24) is 4.90 Å². The lowest BCUT2D eigenvalue weighted by molar-refractivity contribution is -0.133. The Kier molecular flexibility index (Phi) is 4.39. The average Bonchev–Trinajstić information content (AvgIpc) is 3.05. The van der Waals surface area contributed by atoms with Gasteiger partial charge in [-0.05, 0) is 24.1 Å². The molecule has 1 amide bonds. The third-order valence-corrected chi connectivity index (χ3v) is 3.79. The number of rotatable bonds is 4. The Bertz CT molecular complexity index is 642. The van der Waals surface area contributed by atoms with Crippen molar-refractivity contribution < 1.29 is 14.3 Å². The van der Waals surface area contributed by atoms with Gasteiger partial charge in [0.05, 0.1) is 6.54 Å². The number of hydrogen-bond donors (Lipinski definition) is 0. The lowest BCUT2D eigenvalue weighted by atomic mass is 10.1. The number of nitrogens with zero attached hydrogens (tertiary/aromatic N) is 1. The number of para-hydroxylation sites is 1. The van der Waals surface area contributed by atoms with Crippen LogP contribution in [0, 0.1) is 6.92 Å². The van der Waals surface area contributed by atoms with Crippen molar-refractivity contribution in [3.05, 3.63) is 65.7 Å². The Morgan fingerprint density at radius 3 is 2.68 bits per heavy atom. The second-order valence-corrected chi connectivity index (χ2v) is 5.37. The van der Waals surface area contributed by atoms with E-state index in [9.17, 15) is 4.79 Å². The molecule has 3 rings (SSSR count). The smallest absolute Gasteiger partial charge is 0.262 e. The predicted molar refractivity (Wildman–Crippen MR) is 83.5 cm³/mol. The summed E-state index contributed by atoms with van der Waals surface area (Å²) in [5.74, 6) is 0.692. The van der Waals surface area contributed by atoms with Gasteiger partial charge >= 0.3 is 0 Å². The van der Waals surface area contributed by atoms with Crippen molar-refractivity contribution in [3.8, 4) is 5.75 Å². The van der Waals surface area contributed by atoms with Crippen LogP contribution in [0.3, 0.4) is 0 Å². The maximum atomic E-state index is 12.2. The number of carbonyl (C=O) groups excluding carboxylic acids is 1. The zero-order chi connectivity index (χ0) is 15.4. The van der Waals surface area contributed by atoms with Crippen LogP contribution in [0.25, 0.3) is 0 Å². The Balaban J connectivity index is 1.55. The monoisotopic (exact) mass is 297 g/mol. The van der Waals surface area contributed by atoms with Crippen LogP contribution < -0.4 is 4.74 Å². The van der Waals surface area contributed by atoms with Crippen LogP contribution in [0.4, 0.5) is 0 Å². The van der Waals surface area contributed by atoms with Crippen molar-refractivity contribution in [2.45, 2.75) is 13.0 Å². The number of amides is 1. The largest absolute Gasteiger partial charge is 0.483 e. The molecule has 22 heavy (non-hydrogen) atoms. The fraction of sp³-hybridized carbons (Fsp3) is 0.278. The molecule has 0 saturated carbocycles. The first kappa shape index (κ1) is 14.6. The lowest BCUT2D eigenvalue weighted by Crippen LogP contribution is -2.33. The molecular formula is C18H19NO3. The normalized spacial score (nSPS) is 17.5. The van der Waals surface area contributed by atoms with Crippen LogP contribution in [-0.4, -0.2) is 30.7 Å². The average molecular weight is 297 g/mol. The summed E-state index contributed by atoms with van der Waals surface area (Å²) in [4.78, 5) is 13.9. The summed E-state index contributed by atoms with van der Waals surface area (Å²) in [6, 6.07) is 17.6.